The Morgan fingerprint density at radius 2 is 1.86 bits per heavy atom. The highest BCUT2D eigenvalue weighted by Gasteiger charge is 2.22. The van der Waals surface area contributed by atoms with Gasteiger partial charge in [0.15, 0.2) is 0 Å². The monoisotopic (exact) mass is 474 g/mol. The van der Waals surface area contributed by atoms with Crippen LogP contribution >= 0.6 is 0 Å². The van der Waals surface area contributed by atoms with E-state index in [1.54, 1.807) is 25.6 Å². The van der Waals surface area contributed by atoms with Gasteiger partial charge in [0.1, 0.15) is 12.4 Å². The van der Waals surface area contributed by atoms with E-state index in [4.69, 9.17) is 14.2 Å². The molecule has 0 radical (unpaired) electrons. The number of hydrogen-bond acceptors (Lipinski definition) is 6. The van der Waals surface area contributed by atoms with Crippen LogP contribution in [0, 0.1) is 0 Å². The summed E-state index contributed by atoms with van der Waals surface area (Å²) in [6.07, 6.45) is 8.68. The maximum Gasteiger partial charge on any atom is 0.338 e. The molecular formula is C29H34N2O4. The van der Waals surface area contributed by atoms with Crippen LogP contribution in [0.5, 0.6) is 5.75 Å². The second-order valence-corrected chi connectivity index (χ2v) is 8.93. The first kappa shape index (κ1) is 24.7. The SMILES string of the molecule is COCCOc1ccc(N(C)c2ccc3c(c2)CCC[C@H]3CCc2cnccc2C(=O)OC)cc1. The molecule has 1 aliphatic rings. The first-order chi connectivity index (χ1) is 17.1. The maximum absolute atomic E-state index is 12.1. The molecule has 0 spiro atoms. The van der Waals surface area contributed by atoms with Gasteiger partial charge in [0.05, 0.1) is 19.3 Å². The Morgan fingerprint density at radius 1 is 1.06 bits per heavy atom. The summed E-state index contributed by atoms with van der Waals surface area (Å²) in [6, 6.07) is 16.7. The Labute approximate surface area is 207 Å². The van der Waals surface area contributed by atoms with Gasteiger partial charge in [-0.1, -0.05) is 6.07 Å². The first-order valence-corrected chi connectivity index (χ1v) is 12.2. The minimum atomic E-state index is -0.298. The highest BCUT2D eigenvalue weighted by molar-refractivity contribution is 5.90. The highest BCUT2D eigenvalue weighted by atomic mass is 16.5. The Bertz CT molecular complexity index is 1130. The first-order valence-electron chi connectivity index (χ1n) is 12.2. The van der Waals surface area contributed by atoms with Gasteiger partial charge in [-0.05, 0) is 97.2 Å². The van der Waals surface area contributed by atoms with E-state index in [9.17, 15) is 4.79 Å². The lowest BCUT2D eigenvalue weighted by molar-refractivity contribution is 0.0599. The fourth-order valence-corrected chi connectivity index (χ4v) is 4.83. The molecule has 0 aliphatic heterocycles. The molecule has 4 rings (SSSR count). The van der Waals surface area contributed by atoms with Crippen LogP contribution in [0.15, 0.2) is 60.9 Å². The minimum Gasteiger partial charge on any atom is -0.491 e. The van der Waals surface area contributed by atoms with Gasteiger partial charge in [0.25, 0.3) is 0 Å². The van der Waals surface area contributed by atoms with E-state index in [1.165, 1.54) is 36.8 Å². The van der Waals surface area contributed by atoms with Gasteiger partial charge < -0.3 is 19.1 Å². The van der Waals surface area contributed by atoms with E-state index in [2.05, 4.69) is 47.3 Å². The van der Waals surface area contributed by atoms with Crippen LogP contribution in [0.4, 0.5) is 11.4 Å². The molecule has 6 heteroatoms. The fourth-order valence-electron chi connectivity index (χ4n) is 4.83. The Kier molecular flexibility index (Phi) is 8.37. The number of rotatable bonds is 10. The molecule has 0 amide bonds. The van der Waals surface area contributed by atoms with E-state index in [-0.39, 0.29) is 5.97 Å². The quantitative estimate of drug-likeness (QED) is 0.277. The van der Waals surface area contributed by atoms with Crippen molar-refractivity contribution in [2.75, 3.05) is 39.4 Å². The molecule has 3 aromatic rings. The van der Waals surface area contributed by atoms with Crippen LogP contribution < -0.4 is 9.64 Å². The molecule has 0 saturated carbocycles. The summed E-state index contributed by atoms with van der Waals surface area (Å²) in [5, 5.41) is 0. The van der Waals surface area contributed by atoms with E-state index in [0.717, 1.165) is 36.3 Å². The van der Waals surface area contributed by atoms with E-state index < -0.39 is 0 Å². The highest BCUT2D eigenvalue weighted by Crippen LogP contribution is 2.38. The van der Waals surface area contributed by atoms with Crippen LogP contribution in [0.2, 0.25) is 0 Å². The average Bonchev–Trinajstić information content (AvgIpc) is 2.91. The molecule has 1 atom stereocenters. The fraction of sp³-hybridized carbons (Fsp3) is 0.379. The third-order valence-corrected chi connectivity index (χ3v) is 6.80. The number of ether oxygens (including phenoxy) is 3. The lowest BCUT2D eigenvalue weighted by Crippen LogP contribution is -2.15. The van der Waals surface area contributed by atoms with Crippen LogP contribution in [-0.4, -0.2) is 45.4 Å². The van der Waals surface area contributed by atoms with Gasteiger partial charge in [-0.2, -0.15) is 0 Å². The molecule has 0 saturated heterocycles. The molecule has 2 aromatic carbocycles. The van der Waals surface area contributed by atoms with Gasteiger partial charge in [0, 0.05) is 37.9 Å². The smallest absolute Gasteiger partial charge is 0.338 e. The molecule has 184 valence electrons. The van der Waals surface area contributed by atoms with Crippen molar-refractivity contribution < 1.29 is 19.0 Å². The summed E-state index contributed by atoms with van der Waals surface area (Å²) >= 11 is 0. The number of aryl methyl sites for hydroxylation is 2. The standard InChI is InChI=1S/C29H34N2O4/c1-31(24-9-12-26(13-10-24)35-18-17-33-2)25-11-14-27-21(5-4-6-22(27)19-25)7-8-23-20-30-16-15-28(23)29(32)34-3/h9-16,19-21H,4-8,17-18H2,1-3H3/t21-/m0/s1. The number of fused-ring (bicyclic) bond motifs is 1. The van der Waals surface area contributed by atoms with Crippen molar-refractivity contribution >= 4 is 17.3 Å². The summed E-state index contributed by atoms with van der Waals surface area (Å²) in [5.74, 6) is 1.03. The van der Waals surface area contributed by atoms with Crippen molar-refractivity contribution in [3.8, 4) is 5.75 Å². The van der Waals surface area contributed by atoms with Crippen molar-refractivity contribution in [2.24, 2.45) is 0 Å². The zero-order chi connectivity index (χ0) is 24.6. The lowest BCUT2D eigenvalue weighted by Gasteiger charge is -2.28. The van der Waals surface area contributed by atoms with Crippen molar-refractivity contribution in [1.82, 2.24) is 4.98 Å². The van der Waals surface area contributed by atoms with Gasteiger partial charge >= 0.3 is 5.97 Å². The number of nitrogens with zero attached hydrogens (tertiary/aromatic N) is 2. The Balaban J connectivity index is 1.45. The predicted octanol–water partition coefficient (Wildman–Crippen LogP) is 5.71. The summed E-state index contributed by atoms with van der Waals surface area (Å²) in [6.45, 7) is 1.12. The maximum atomic E-state index is 12.1. The number of benzene rings is 2. The zero-order valence-corrected chi connectivity index (χ0v) is 20.8. The van der Waals surface area contributed by atoms with Gasteiger partial charge in [0.2, 0.25) is 0 Å². The third kappa shape index (κ3) is 6.01. The van der Waals surface area contributed by atoms with Crippen LogP contribution in [0.3, 0.4) is 0 Å². The molecule has 35 heavy (non-hydrogen) atoms. The van der Waals surface area contributed by atoms with Crippen molar-refractivity contribution in [3.05, 3.63) is 83.2 Å². The van der Waals surface area contributed by atoms with Crippen LogP contribution in [0.25, 0.3) is 0 Å². The Morgan fingerprint density at radius 3 is 2.63 bits per heavy atom. The largest absolute Gasteiger partial charge is 0.491 e. The van der Waals surface area contributed by atoms with Crippen molar-refractivity contribution in [3.63, 3.8) is 0 Å². The van der Waals surface area contributed by atoms with E-state index in [1.807, 2.05) is 12.1 Å². The van der Waals surface area contributed by atoms with Crippen LogP contribution in [-0.2, 0) is 22.3 Å². The number of pyridine rings is 1. The average molecular weight is 475 g/mol. The number of esters is 1. The number of anilines is 2. The molecule has 0 bridgehead atoms. The molecule has 1 aromatic heterocycles. The summed E-state index contributed by atoms with van der Waals surface area (Å²) < 4.78 is 15.7. The molecule has 1 aliphatic carbocycles. The normalized spacial score (nSPS) is 14.8. The molecule has 0 N–H and O–H groups in total. The summed E-state index contributed by atoms with van der Waals surface area (Å²) in [4.78, 5) is 18.5. The number of methoxy groups -OCH3 is 2. The van der Waals surface area contributed by atoms with Gasteiger partial charge in [-0.25, -0.2) is 4.79 Å². The molecule has 1 heterocycles. The number of carbonyl (C=O) groups is 1. The number of hydrogen-bond donors (Lipinski definition) is 0. The molecule has 0 fully saturated rings. The third-order valence-electron chi connectivity index (χ3n) is 6.80. The number of aromatic nitrogens is 1. The van der Waals surface area contributed by atoms with Crippen molar-refractivity contribution in [2.45, 2.75) is 38.0 Å². The number of carbonyl (C=O) groups excluding carboxylic acids is 1. The van der Waals surface area contributed by atoms with Gasteiger partial charge in [-0.3, -0.25) is 4.98 Å². The summed E-state index contributed by atoms with van der Waals surface area (Å²) in [7, 11) is 5.19. The molecule has 0 unspecified atom stereocenters. The second-order valence-electron chi connectivity index (χ2n) is 8.93. The topological polar surface area (TPSA) is 60.9 Å². The van der Waals surface area contributed by atoms with Crippen LogP contribution in [0.1, 0.15) is 52.2 Å². The predicted molar refractivity (Wildman–Crippen MR) is 138 cm³/mol. The Hall–Kier alpha value is -3.38. The van der Waals surface area contributed by atoms with E-state index in [0.29, 0.717) is 24.7 Å². The second kappa shape index (κ2) is 11.8. The zero-order valence-electron chi connectivity index (χ0n) is 20.8. The van der Waals surface area contributed by atoms with Crippen molar-refractivity contribution in [1.29, 1.82) is 0 Å². The molecular weight excluding hydrogens is 440 g/mol. The van der Waals surface area contributed by atoms with Gasteiger partial charge in [-0.15, -0.1) is 0 Å². The lowest BCUT2D eigenvalue weighted by atomic mass is 9.79. The minimum absolute atomic E-state index is 0.298. The summed E-state index contributed by atoms with van der Waals surface area (Å²) in [5.41, 5.74) is 6.72. The molecule has 6 nitrogen and oxygen atoms in total. The van der Waals surface area contributed by atoms with E-state index >= 15 is 0 Å².